The van der Waals surface area contributed by atoms with Gasteiger partial charge in [0.2, 0.25) is 0 Å². The van der Waals surface area contributed by atoms with Crippen molar-refractivity contribution in [3.63, 3.8) is 0 Å². The van der Waals surface area contributed by atoms with Crippen molar-refractivity contribution >= 4 is 5.84 Å². The minimum atomic E-state index is -0.670. The zero-order chi connectivity index (χ0) is 14.6. The zero-order valence-corrected chi connectivity index (χ0v) is 11.9. The van der Waals surface area contributed by atoms with Gasteiger partial charge in [-0.2, -0.15) is 0 Å². The minimum absolute atomic E-state index is 0.0267. The van der Waals surface area contributed by atoms with Crippen LogP contribution in [0, 0.1) is 0 Å². The number of piperidine rings is 1. The van der Waals surface area contributed by atoms with Crippen LogP contribution in [0.15, 0.2) is 35.5 Å². The molecule has 0 saturated carbocycles. The molecule has 4 N–H and O–H groups in total. The first-order valence-electron chi connectivity index (χ1n) is 6.99. The van der Waals surface area contributed by atoms with Crippen LogP contribution >= 0.6 is 0 Å². The van der Waals surface area contributed by atoms with E-state index >= 15 is 0 Å². The molecule has 2 atom stereocenters. The molecule has 5 heteroatoms. The predicted octanol–water partition coefficient (Wildman–Crippen LogP) is 1.71. The fraction of sp³-hybridized carbons (Fsp3) is 0.533. The van der Waals surface area contributed by atoms with E-state index in [2.05, 4.69) is 10.1 Å². The number of hydrogen-bond donors (Lipinski definition) is 3. The third-order valence-corrected chi connectivity index (χ3v) is 3.86. The van der Waals surface area contributed by atoms with Crippen LogP contribution in [0.5, 0.6) is 0 Å². The number of β-amino-alcohol motifs (C(OH)–C–C–N with tert-alkyl or cyclic N) is 1. The topological polar surface area (TPSA) is 82.1 Å². The Kier molecular flexibility index (Phi) is 4.62. The Balaban J connectivity index is 2.22. The number of aliphatic hydroxyl groups is 1. The molecule has 1 saturated heterocycles. The maximum atomic E-state index is 10.3. The van der Waals surface area contributed by atoms with Crippen LogP contribution in [-0.4, -0.2) is 39.7 Å². The molecule has 2 rings (SSSR count). The van der Waals surface area contributed by atoms with E-state index in [-0.39, 0.29) is 11.9 Å². The maximum Gasteiger partial charge on any atom is 0.141 e. The van der Waals surface area contributed by atoms with Gasteiger partial charge < -0.3 is 16.0 Å². The molecular formula is C15H23N3O2. The maximum absolute atomic E-state index is 10.3. The second kappa shape index (κ2) is 6.24. The van der Waals surface area contributed by atoms with Gasteiger partial charge in [0.05, 0.1) is 5.60 Å². The molecule has 5 nitrogen and oxygen atoms in total. The van der Waals surface area contributed by atoms with Crippen molar-refractivity contribution < 1.29 is 10.3 Å². The highest BCUT2D eigenvalue weighted by Gasteiger charge is 2.33. The second-order valence-corrected chi connectivity index (χ2v) is 5.79. The Morgan fingerprint density at radius 2 is 2.15 bits per heavy atom. The SMILES string of the molecule is CC1(O)CCCN(C(C/C(N)=N/O)c2ccccc2)C1. The van der Waals surface area contributed by atoms with Crippen molar-refractivity contribution in [2.45, 2.75) is 37.8 Å². The van der Waals surface area contributed by atoms with Gasteiger partial charge in [0.1, 0.15) is 5.84 Å². The number of likely N-dealkylation sites (tertiary alicyclic amines) is 1. The van der Waals surface area contributed by atoms with Crippen molar-refractivity contribution in [2.75, 3.05) is 13.1 Å². The van der Waals surface area contributed by atoms with Gasteiger partial charge in [0.15, 0.2) is 0 Å². The van der Waals surface area contributed by atoms with Gasteiger partial charge in [-0.1, -0.05) is 35.5 Å². The molecular weight excluding hydrogens is 254 g/mol. The van der Waals surface area contributed by atoms with Crippen LogP contribution in [0.1, 0.15) is 37.8 Å². The number of amidine groups is 1. The van der Waals surface area contributed by atoms with Crippen LogP contribution < -0.4 is 5.73 Å². The summed E-state index contributed by atoms with van der Waals surface area (Å²) in [6.07, 6.45) is 2.22. The first-order valence-corrected chi connectivity index (χ1v) is 6.99. The van der Waals surface area contributed by atoms with Gasteiger partial charge >= 0.3 is 0 Å². The monoisotopic (exact) mass is 277 g/mol. The molecule has 0 spiro atoms. The Bertz CT molecular complexity index is 459. The standard InChI is InChI=1S/C15H23N3O2/c1-15(19)8-5-9-18(11-15)13(10-14(16)17-20)12-6-3-2-4-7-12/h2-4,6-7,13,19-20H,5,8-11H2,1H3,(H2,16,17). The molecule has 20 heavy (non-hydrogen) atoms. The fourth-order valence-corrected chi connectivity index (χ4v) is 2.90. The van der Waals surface area contributed by atoms with Crippen LogP contribution in [0.3, 0.4) is 0 Å². The van der Waals surface area contributed by atoms with E-state index in [0.717, 1.165) is 24.9 Å². The summed E-state index contributed by atoms with van der Waals surface area (Å²) < 4.78 is 0. The van der Waals surface area contributed by atoms with E-state index < -0.39 is 5.60 Å². The molecule has 1 aliphatic rings. The molecule has 1 aliphatic heterocycles. The quantitative estimate of drug-likeness (QED) is 0.339. The van der Waals surface area contributed by atoms with Crippen molar-refractivity contribution in [1.29, 1.82) is 0 Å². The van der Waals surface area contributed by atoms with Crippen LogP contribution in [0.2, 0.25) is 0 Å². The molecule has 0 radical (unpaired) electrons. The van der Waals surface area contributed by atoms with E-state index in [0.29, 0.717) is 13.0 Å². The third kappa shape index (κ3) is 3.71. The highest BCUT2D eigenvalue weighted by molar-refractivity contribution is 5.80. The first kappa shape index (κ1) is 14.8. The van der Waals surface area contributed by atoms with Gasteiger partial charge in [0, 0.05) is 19.0 Å². The predicted molar refractivity (Wildman–Crippen MR) is 78.6 cm³/mol. The molecule has 1 aromatic carbocycles. The summed E-state index contributed by atoms with van der Waals surface area (Å²) in [6.45, 7) is 3.38. The second-order valence-electron chi connectivity index (χ2n) is 5.79. The molecule has 1 heterocycles. The third-order valence-electron chi connectivity index (χ3n) is 3.86. The van der Waals surface area contributed by atoms with Gasteiger partial charge in [-0.15, -0.1) is 0 Å². The summed E-state index contributed by atoms with van der Waals surface area (Å²) in [5.74, 6) is 0.212. The number of nitrogens with zero attached hydrogens (tertiary/aromatic N) is 2. The van der Waals surface area contributed by atoms with Gasteiger partial charge in [-0.05, 0) is 31.9 Å². The number of rotatable bonds is 4. The lowest BCUT2D eigenvalue weighted by Gasteiger charge is -2.41. The zero-order valence-electron chi connectivity index (χ0n) is 11.9. The molecule has 0 amide bonds. The lowest BCUT2D eigenvalue weighted by molar-refractivity contribution is -0.0297. The van der Waals surface area contributed by atoms with E-state index in [1.54, 1.807) is 0 Å². The molecule has 1 aromatic rings. The summed E-state index contributed by atoms with van der Waals surface area (Å²) in [6, 6.07) is 10.0. The van der Waals surface area contributed by atoms with Crippen molar-refractivity contribution in [3.8, 4) is 0 Å². The summed E-state index contributed by atoms with van der Waals surface area (Å²) in [5, 5.41) is 22.2. The van der Waals surface area contributed by atoms with Crippen LogP contribution in [0.4, 0.5) is 0 Å². The largest absolute Gasteiger partial charge is 0.409 e. The molecule has 0 aromatic heterocycles. The van der Waals surface area contributed by atoms with Crippen LogP contribution in [-0.2, 0) is 0 Å². The molecule has 1 fully saturated rings. The van der Waals surface area contributed by atoms with E-state index in [4.69, 9.17) is 10.9 Å². The van der Waals surface area contributed by atoms with Crippen molar-refractivity contribution in [2.24, 2.45) is 10.9 Å². The summed E-state index contributed by atoms with van der Waals surface area (Å²) >= 11 is 0. The number of benzene rings is 1. The fourth-order valence-electron chi connectivity index (χ4n) is 2.90. The number of hydrogen-bond acceptors (Lipinski definition) is 4. The lowest BCUT2D eigenvalue weighted by atomic mass is 9.91. The summed E-state index contributed by atoms with van der Waals surface area (Å²) in [7, 11) is 0. The van der Waals surface area contributed by atoms with E-state index in [1.165, 1.54) is 0 Å². The lowest BCUT2D eigenvalue weighted by Crippen LogP contribution is -2.48. The van der Waals surface area contributed by atoms with E-state index in [1.807, 2.05) is 37.3 Å². The van der Waals surface area contributed by atoms with Crippen molar-refractivity contribution in [3.05, 3.63) is 35.9 Å². The minimum Gasteiger partial charge on any atom is -0.409 e. The highest BCUT2D eigenvalue weighted by atomic mass is 16.4. The smallest absolute Gasteiger partial charge is 0.141 e. The average Bonchev–Trinajstić information content (AvgIpc) is 2.44. The summed E-state index contributed by atoms with van der Waals surface area (Å²) in [4.78, 5) is 2.22. The summed E-state index contributed by atoms with van der Waals surface area (Å²) in [5.41, 5.74) is 6.15. The van der Waals surface area contributed by atoms with Gasteiger partial charge in [-0.25, -0.2) is 0 Å². The van der Waals surface area contributed by atoms with Gasteiger partial charge in [0.25, 0.3) is 0 Å². The highest BCUT2D eigenvalue weighted by Crippen LogP contribution is 2.30. The molecule has 2 unspecified atom stereocenters. The van der Waals surface area contributed by atoms with E-state index in [9.17, 15) is 5.11 Å². The Morgan fingerprint density at radius 3 is 2.75 bits per heavy atom. The van der Waals surface area contributed by atoms with Crippen LogP contribution in [0.25, 0.3) is 0 Å². The Labute approximate surface area is 119 Å². The Hall–Kier alpha value is -1.59. The molecule has 110 valence electrons. The number of oxime groups is 1. The average molecular weight is 277 g/mol. The van der Waals surface area contributed by atoms with Gasteiger partial charge in [-0.3, -0.25) is 4.90 Å². The normalized spacial score (nSPS) is 26.4. The van der Waals surface area contributed by atoms with Crippen molar-refractivity contribution in [1.82, 2.24) is 4.90 Å². The Morgan fingerprint density at radius 1 is 1.45 bits per heavy atom. The number of nitrogens with two attached hydrogens (primary N) is 1. The first-order chi connectivity index (χ1) is 9.52. The molecule has 0 aliphatic carbocycles. The molecule has 0 bridgehead atoms.